The van der Waals surface area contributed by atoms with Gasteiger partial charge < -0.3 is 33.4 Å². The Morgan fingerprint density at radius 3 is 2.20 bits per heavy atom. The summed E-state index contributed by atoms with van der Waals surface area (Å²) in [6.07, 6.45) is 10.2. The first kappa shape index (κ1) is 54.2. The molecule has 1 atom stereocenters. The standard InChI is InChI=1S/C41H56N2O13S2.2Na/c1-4-42(19-9-29-57(46,47)48)33-13-15-35-32(17-21-56-38(35)30-33)10-8-11-39-41(2,18-22-53-25-26-55-28-27-54-24-23-52-3)36-31-34(58(49,50)51)14-16-37(36)43(39)20-7-5-6-12-40(44)45;;/h8,10-11,13-17,21,30-31H,4-7,9,12,18-20,22-29H2,1-3H3,(H2-,44,45,46,47,48,49,50,51);;/q;2*+1/p+1. The largest absolute Gasteiger partial charge is 1.00 e. The van der Waals surface area contributed by atoms with Crippen molar-refractivity contribution in [3.8, 4) is 11.3 Å². The van der Waals surface area contributed by atoms with Crippen LogP contribution < -0.4 is 73.9 Å². The maximum absolute atomic E-state index is 12.3. The number of allylic oxidation sites excluding steroid dienone is 3. The first-order chi connectivity index (χ1) is 27.7. The summed E-state index contributed by atoms with van der Waals surface area (Å²) in [4.78, 5) is 13.1. The predicted octanol–water partition coefficient (Wildman–Crippen LogP) is -0.885. The minimum absolute atomic E-state index is 0. The van der Waals surface area contributed by atoms with Crippen molar-refractivity contribution >= 4 is 38.0 Å². The van der Waals surface area contributed by atoms with Gasteiger partial charge in [0.1, 0.15) is 18.8 Å². The Balaban J connectivity index is 0.00000620. The van der Waals surface area contributed by atoms with E-state index in [4.69, 9.17) is 33.0 Å². The summed E-state index contributed by atoms with van der Waals surface area (Å²) in [6.45, 7) is 8.47. The number of carboxylic acids is 1. The predicted molar refractivity (Wildman–Crippen MR) is 220 cm³/mol. The summed E-state index contributed by atoms with van der Waals surface area (Å²) in [5, 5.41) is 10.0. The molecular formula is C41H57N2Na2O13S2+3. The zero-order valence-electron chi connectivity index (χ0n) is 35.5. The molecule has 0 bridgehead atoms. The van der Waals surface area contributed by atoms with Crippen molar-refractivity contribution in [3.63, 3.8) is 0 Å². The normalized spacial score (nSPS) is 16.6. The van der Waals surface area contributed by atoms with Crippen molar-refractivity contribution < 1.29 is 118 Å². The Labute approximate surface area is 398 Å². The molecule has 15 nitrogen and oxygen atoms in total. The van der Waals surface area contributed by atoms with Gasteiger partial charge in [0.15, 0.2) is 0 Å². The summed E-state index contributed by atoms with van der Waals surface area (Å²) in [7, 11) is -6.95. The molecule has 2 aliphatic heterocycles. The molecule has 1 aromatic carbocycles. The topological polar surface area (TPSA) is 202 Å². The average molecular weight is 896 g/mol. The molecule has 320 valence electrons. The zero-order valence-corrected chi connectivity index (χ0v) is 41.1. The number of methoxy groups -OCH3 is 1. The van der Waals surface area contributed by atoms with Crippen LogP contribution in [0.3, 0.4) is 0 Å². The number of aliphatic carboxylic acids is 1. The van der Waals surface area contributed by atoms with Gasteiger partial charge in [-0.25, -0.2) is 4.58 Å². The molecule has 0 saturated carbocycles. The maximum atomic E-state index is 12.3. The van der Waals surface area contributed by atoms with Crippen LogP contribution in [0.25, 0.3) is 17.4 Å². The molecule has 60 heavy (non-hydrogen) atoms. The minimum Gasteiger partial charge on any atom is -0.481 e. The molecule has 0 spiro atoms. The van der Waals surface area contributed by atoms with Gasteiger partial charge in [-0.2, -0.15) is 16.8 Å². The Hall–Kier alpha value is -1.94. The number of anilines is 1. The van der Waals surface area contributed by atoms with Crippen LogP contribution in [0.15, 0.2) is 75.9 Å². The molecule has 2 heterocycles. The van der Waals surface area contributed by atoms with E-state index in [1.54, 1.807) is 19.4 Å². The van der Waals surface area contributed by atoms with Crippen LogP contribution in [0.2, 0.25) is 0 Å². The molecule has 1 aromatic rings. The van der Waals surface area contributed by atoms with E-state index in [1.807, 2.05) is 60.9 Å². The molecule has 3 aliphatic rings. The number of ether oxygens (including phenoxy) is 4. The van der Waals surface area contributed by atoms with Gasteiger partial charge in [-0.05, 0) is 80.6 Å². The fourth-order valence-electron chi connectivity index (χ4n) is 6.99. The van der Waals surface area contributed by atoms with Crippen molar-refractivity contribution in [1.82, 2.24) is 4.58 Å². The second kappa shape index (κ2) is 26.6. The van der Waals surface area contributed by atoms with Crippen LogP contribution in [0.5, 0.6) is 0 Å². The minimum atomic E-state index is -4.50. The summed E-state index contributed by atoms with van der Waals surface area (Å²) < 4.78 is 96.2. The fraction of sp³-hybridized carbons (Fsp3) is 0.512. The molecule has 1 aliphatic carbocycles. The van der Waals surface area contributed by atoms with Crippen molar-refractivity contribution in [3.05, 3.63) is 83.1 Å². The van der Waals surface area contributed by atoms with Gasteiger partial charge in [0.2, 0.25) is 5.36 Å². The Kier molecular flexibility index (Phi) is 24.1. The van der Waals surface area contributed by atoms with Crippen LogP contribution >= 0.6 is 0 Å². The first-order valence-corrected chi connectivity index (χ1v) is 22.5. The molecule has 0 radical (unpaired) electrons. The van der Waals surface area contributed by atoms with Crippen LogP contribution in [0.4, 0.5) is 5.69 Å². The van der Waals surface area contributed by atoms with E-state index in [2.05, 4.69) is 4.90 Å². The number of carbonyl (C=O) groups is 1. The zero-order chi connectivity index (χ0) is 42.2. The number of carboxylic acid groups (broad SMARTS) is 1. The van der Waals surface area contributed by atoms with Crippen LogP contribution in [-0.2, 0) is 49.4 Å². The van der Waals surface area contributed by atoms with E-state index in [1.165, 1.54) is 12.1 Å². The van der Waals surface area contributed by atoms with Gasteiger partial charge >= 0.3 is 65.1 Å². The monoisotopic (exact) mass is 895 g/mol. The van der Waals surface area contributed by atoms with E-state index in [0.717, 1.165) is 33.4 Å². The van der Waals surface area contributed by atoms with Gasteiger partial charge in [0.25, 0.3) is 20.2 Å². The van der Waals surface area contributed by atoms with E-state index < -0.39 is 31.6 Å². The fourth-order valence-corrected chi connectivity index (χ4v) is 7.99. The molecule has 0 fully saturated rings. The van der Waals surface area contributed by atoms with Crippen LogP contribution in [0, 0.1) is 0 Å². The Morgan fingerprint density at radius 1 is 0.883 bits per heavy atom. The van der Waals surface area contributed by atoms with Gasteiger partial charge in [-0.3, -0.25) is 13.9 Å². The maximum Gasteiger partial charge on any atom is 1.00 e. The summed E-state index contributed by atoms with van der Waals surface area (Å²) >= 11 is 0. The second-order valence-corrected chi connectivity index (χ2v) is 17.1. The summed E-state index contributed by atoms with van der Waals surface area (Å²) in [5.41, 5.74) is 3.36. The number of hydrogen-bond acceptors (Lipinski definition) is 11. The molecule has 0 aromatic heterocycles. The van der Waals surface area contributed by atoms with Crippen molar-refractivity contribution in [2.75, 3.05) is 83.6 Å². The third-order valence-electron chi connectivity index (χ3n) is 10.0. The van der Waals surface area contributed by atoms with Gasteiger partial charge in [-0.15, -0.1) is 0 Å². The molecule has 19 heteroatoms. The van der Waals surface area contributed by atoms with Crippen LogP contribution in [0.1, 0.15) is 63.5 Å². The number of benzene rings is 2. The van der Waals surface area contributed by atoms with Gasteiger partial charge in [-0.1, -0.05) is 18.6 Å². The molecule has 4 rings (SSSR count). The number of nitrogens with zero attached hydrogens (tertiary/aromatic N) is 2. The number of unbranched alkanes of at least 4 members (excludes halogenated alkanes) is 2. The SMILES string of the molecule is CC[N+](CCCS(=O)(=O)O)=c1ccc2c(/C=C/C=C3/N(CCCCCC(=O)O)c4ccc(S(=O)(=O)O)cc4C3(C)CCOCCOCCOCCOC)ccoc-2c1.[Na+].[Na+]. The average Bonchev–Trinajstić information content (AvgIpc) is 3.40. The summed E-state index contributed by atoms with van der Waals surface area (Å²) in [6, 6.07) is 12.2. The smallest absolute Gasteiger partial charge is 0.481 e. The Bertz CT molecular complexity index is 2140. The van der Waals surface area contributed by atoms with E-state index in [-0.39, 0.29) is 82.6 Å². The van der Waals surface area contributed by atoms with E-state index in [0.29, 0.717) is 97.3 Å². The number of hydrogen-bond donors (Lipinski definition) is 3. The quantitative estimate of drug-likeness (QED) is 0.0388. The summed E-state index contributed by atoms with van der Waals surface area (Å²) in [5.74, 6) is -0.549. The third-order valence-corrected chi connectivity index (χ3v) is 11.7. The molecule has 1 unspecified atom stereocenters. The third kappa shape index (κ3) is 16.6. The molecule has 0 amide bonds. The van der Waals surface area contributed by atoms with Crippen molar-refractivity contribution in [2.45, 2.75) is 62.7 Å². The number of fused-ring (bicyclic) bond motifs is 2. The second-order valence-electron chi connectivity index (χ2n) is 14.1. The molecular weight excluding hydrogens is 839 g/mol. The van der Waals surface area contributed by atoms with Gasteiger partial charge in [0, 0.05) is 61.5 Å². The van der Waals surface area contributed by atoms with Crippen molar-refractivity contribution in [1.29, 1.82) is 0 Å². The van der Waals surface area contributed by atoms with Crippen LogP contribution in [-0.4, -0.2) is 116 Å². The van der Waals surface area contributed by atoms with E-state index >= 15 is 0 Å². The molecule has 3 N–H and O–H groups in total. The molecule has 0 saturated heterocycles. The Morgan fingerprint density at radius 2 is 1.57 bits per heavy atom. The van der Waals surface area contributed by atoms with Crippen molar-refractivity contribution in [2.24, 2.45) is 0 Å². The first-order valence-electron chi connectivity index (χ1n) is 19.4. The van der Waals surface area contributed by atoms with E-state index in [9.17, 15) is 26.2 Å². The number of rotatable bonds is 26. The van der Waals surface area contributed by atoms with Gasteiger partial charge in [0.05, 0.1) is 62.6 Å².